The number of carbonyl (C=O) groups excluding carboxylic acids is 1. The number of primary amides is 1. The van der Waals surface area contributed by atoms with Gasteiger partial charge in [0.2, 0.25) is 11.9 Å². The van der Waals surface area contributed by atoms with Crippen LogP contribution in [0.2, 0.25) is 0 Å². The first kappa shape index (κ1) is 22.6. The molecule has 3 N–H and O–H groups in total. The van der Waals surface area contributed by atoms with Crippen molar-refractivity contribution in [1.82, 2.24) is 19.5 Å². The van der Waals surface area contributed by atoms with Gasteiger partial charge < -0.3 is 11.1 Å². The Morgan fingerprint density at radius 1 is 1.15 bits per heavy atom. The molecule has 3 aromatic rings. The van der Waals surface area contributed by atoms with Gasteiger partial charge in [0.1, 0.15) is 22.8 Å². The molecule has 2 fully saturated rings. The van der Waals surface area contributed by atoms with E-state index in [-0.39, 0.29) is 17.9 Å². The fourth-order valence-electron chi connectivity index (χ4n) is 4.93. The number of amides is 1. The Morgan fingerprint density at radius 2 is 1.82 bits per heavy atom. The number of nitrogens with zero attached hydrogens (tertiary/aromatic N) is 4. The van der Waals surface area contributed by atoms with Crippen LogP contribution in [0.5, 0.6) is 0 Å². The van der Waals surface area contributed by atoms with Crippen molar-refractivity contribution in [2.45, 2.75) is 64.3 Å². The Balaban J connectivity index is 1.55. The van der Waals surface area contributed by atoms with Gasteiger partial charge in [0, 0.05) is 30.0 Å². The smallest absolute Gasteiger partial charge is 0.223 e. The zero-order valence-corrected chi connectivity index (χ0v) is 19.0. The SMILES string of the molecule is CC1(C(N)=O)CCC(n2c(Nc3c(F)cc(F)cc3F)nc3cnc(CC4CCC4)nc32)CC1. The number of anilines is 2. The lowest BCUT2D eigenvalue weighted by atomic mass is 9.73. The molecule has 0 spiro atoms. The second kappa shape index (κ2) is 8.56. The first-order chi connectivity index (χ1) is 16.2. The highest BCUT2D eigenvalue weighted by Crippen LogP contribution is 2.43. The van der Waals surface area contributed by atoms with Gasteiger partial charge in [-0.3, -0.25) is 9.36 Å². The van der Waals surface area contributed by atoms with Crippen LogP contribution >= 0.6 is 0 Å². The zero-order valence-electron chi connectivity index (χ0n) is 19.0. The monoisotopic (exact) mass is 472 g/mol. The van der Waals surface area contributed by atoms with Crippen LogP contribution in [0.4, 0.5) is 24.8 Å². The van der Waals surface area contributed by atoms with E-state index in [9.17, 15) is 18.0 Å². The van der Waals surface area contributed by atoms with E-state index in [0.29, 0.717) is 60.7 Å². The fraction of sp³-hybridized carbons (Fsp3) is 0.500. The van der Waals surface area contributed by atoms with Gasteiger partial charge in [-0.2, -0.15) is 0 Å². The van der Waals surface area contributed by atoms with E-state index in [0.717, 1.165) is 19.3 Å². The summed E-state index contributed by atoms with van der Waals surface area (Å²) in [5, 5.41) is 2.72. The number of rotatable bonds is 6. The average molecular weight is 473 g/mol. The van der Waals surface area contributed by atoms with Gasteiger partial charge in [-0.05, 0) is 31.6 Å². The van der Waals surface area contributed by atoms with Crippen molar-refractivity contribution in [2.24, 2.45) is 17.1 Å². The summed E-state index contributed by atoms with van der Waals surface area (Å²) in [4.78, 5) is 25.7. The van der Waals surface area contributed by atoms with Crippen LogP contribution in [0.3, 0.4) is 0 Å². The number of nitrogens with one attached hydrogen (secondary N) is 1. The highest BCUT2D eigenvalue weighted by Gasteiger charge is 2.38. The second-order valence-corrected chi connectivity index (χ2v) is 9.83. The van der Waals surface area contributed by atoms with E-state index in [1.54, 1.807) is 6.20 Å². The van der Waals surface area contributed by atoms with Crippen LogP contribution in [-0.4, -0.2) is 25.4 Å². The number of carbonyl (C=O) groups is 1. The maximum atomic E-state index is 14.4. The van der Waals surface area contributed by atoms with Gasteiger partial charge >= 0.3 is 0 Å². The summed E-state index contributed by atoms with van der Waals surface area (Å²) in [6.07, 6.45) is 8.33. The van der Waals surface area contributed by atoms with E-state index in [1.165, 1.54) is 6.42 Å². The molecule has 2 saturated carbocycles. The first-order valence-electron chi connectivity index (χ1n) is 11.7. The Morgan fingerprint density at radius 3 is 2.41 bits per heavy atom. The molecule has 0 aliphatic heterocycles. The lowest BCUT2D eigenvalue weighted by Gasteiger charge is -2.35. The Hall–Kier alpha value is -3.17. The van der Waals surface area contributed by atoms with Crippen LogP contribution in [0, 0.1) is 28.8 Å². The quantitative estimate of drug-likeness (QED) is 0.530. The fourth-order valence-corrected chi connectivity index (χ4v) is 4.93. The Labute approximate surface area is 195 Å². The van der Waals surface area contributed by atoms with Gasteiger partial charge in [-0.1, -0.05) is 26.2 Å². The van der Waals surface area contributed by atoms with Gasteiger partial charge in [0.15, 0.2) is 17.3 Å². The summed E-state index contributed by atoms with van der Waals surface area (Å²) in [6, 6.07) is 1.12. The Bertz CT molecular complexity index is 1220. The number of nitrogens with two attached hydrogens (primary N) is 1. The molecule has 2 aliphatic carbocycles. The largest absolute Gasteiger partial charge is 0.369 e. The van der Waals surface area contributed by atoms with Crippen molar-refractivity contribution >= 4 is 28.7 Å². The molecule has 180 valence electrons. The molecule has 0 radical (unpaired) electrons. The summed E-state index contributed by atoms with van der Waals surface area (Å²) < 4.78 is 44.1. The summed E-state index contributed by atoms with van der Waals surface area (Å²) >= 11 is 0. The number of hydrogen-bond acceptors (Lipinski definition) is 5. The summed E-state index contributed by atoms with van der Waals surface area (Å²) in [6.45, 7) is 1.86. The average Bonchev–Trinajstić information content (AvgIpc) is 3.11. The van der Waals surface area contributed by atoms with Crippen molar-refractivity contribution in [3.8, 4) is 0 Å². The topological polar surface area (TPSA) is 98.7 Å². The van der Waals surface area contributed by atoms with E-state index < -0.39 is 28.6 Å². The van der Waals surface area contributed by atoms with Crippen LogP contribution in [-0.2, 0) is 11.2 Å². The number of aromatic nitrogens is 4. The molecule has 0 saturated heterocycles. The van der Waals surface area contributed by atoms with Crippen LogP contribution in [0.1, 0.15) is 63.7 Å². The third-order valence-corrected chi connectivity index (χ3v) is 7.44. The molecule has 0 atom stereocenters. The third-order valence-electron chi connectivity index (χ3n) is 7.44. The predicted octanol–water partition coefficient (Wildman–Crippen LogP) is 4.94. The first-order valence-corrected chi connectivity index (χ1v) is 11.7. The molecule has 5 rings (SSSR count). The van der Waals surface area contributed by atoms with Crippen molar-refractivity contribution in [3.05, 3.63) is 41.6 Å². The van der Waals surface area contributed by atoms with Crippen LogP contribution in [0.25, 0.3) is 11.2 Å². The van der Waals surface area contributed by atoms with E-state index in [2.05, 4.69) is 15.3 Å². The highest BCUT2D eigenvalue weighted by molar-refractivity contribution is 5.80. The van der Waals surface area contributed by atoms with Gasteiger partial charge in [0.25, 0.3) is 0 Å². The van der Waals surface area contributed by atoms with Crippen molar-refractivity contribution in [1.29, 1.82) is 0 Å². The molecule has 0 unspecified atom stereocenters. The number of hydrogen-bond donors (Lipinski definition) is 2. The number of halogens is 3. The normalized spacial score (nSPS) is 23.1. The molecule has 7 nitrogen and oxygen atoms in total. The minimum absolute atomic E-state index is 0.113. The maximum Gasteiger partial charge on any atom is 0.223 e. The highest BCUT2D eigenvalue weighted by atomic mass is 19.1. The summed E-state index contributed by atoms with van der Waals surface area (Å²) in [7, 11) is 0. The summed E-state index contributed by atoms with van der Waals surface area (Å²) in [5.74, 6) is -1.97. The molecular weight excluding hydrogens is 445 g/mol. The van der Waals surface area contributed by atoms with Crippen molar-refractivity contribution in [3.63, 3.8) is 0 Å². The van der Waals surface area contributed by atoms with Gasteiger partial charge in [0.05, 0.1) is 6.20 Å². The number of fused-ring (bicyclic) bond motifs is 1. The molecular formula is C24H27F3N6O. The molecule has 2 heterocycles. The lowest BCUT2D eigenvalue weighted by Crippen LogP contribution is -2.38. The van der Waals surface area contributed by atoms with E-state index in [1.807, 2.05) is 11.5 Å². The molecule has 10 heteroatoms. The zero-order chi connectivity index (χ0) is 24.0. The van der Waals surface area contributed by atoms with Gasteiger partial charge in [-0.15, -0.1) is 0 Å². The lowest BCUT2D eigenvalue weighted by molar-refractivity contribution is -0.128. The maximum absolute atomic E-state index is 14.4. The summed E-state index contributed by atoms with van der Waals surface area (Å²) in [5.41, 5.74) is 5.59. The molecule has 0 bridgehead atoms. The molecule has 2 aromatic heterocycles. The third kappa shape index (κ3) is 4.10. The van der Waals surface area contributed by atoms with Crippen molar-refractivity contribution in [2.75, 3.05) is 5.32 Å². The standard InChI is InChI=1S/C24H27F3N6O/c1-24(22(28)34)7-5-15(6-8-24)33-21-18(12-29-19(31-21)9-13-3-2-4-13)30-23(33)32-20-16(26)10-14(25)11-17(20)27/h10-13,15H,2-9H2,1H3,(H2,28,34)(H,30,32). The number of benzene rings is 1. The van der Waals surface area contributed by atoms with E-state index in [4.69, 9.17) is 10.7 Å². The van der Waals surface area contributed by atoms with Crippen LogP contribution < -0.4 is 11.1 Å². The number of imidazole rings is 1. The Kier molecular flexibility index (Phi) is 5.69. The van der Waals surface area contributed by atoms with Crippen molar-refractivity contribution < 1.29 is 18.0 Å². The van der Waals surface area contributed by atoms with E-state index >= 15 is 0 Å². The molecule has 1 amide bonds. The molecule has 2 aliphatic rings. The van der Waals surface area contributed by atoms with Gasteiger partial charge in [-0.25, -0.2) is 28.1 Å². The molecule has 34 heavy (non-hydrogen) atoms. The minimum atomic E-state index is -1.06. The molecule has 1 aromatic carbocycles. The van der Waals surface area contributed by atoms with Crippen LogP contribution in [0.15, 0.2) is 18.3 Å². The second-order valence-electron chi connectivity index (χ2n) is 9.83. The minimum Gasteiger partial charge on any atom is -0.369 e. The predicted molar refractivity (Wildman–Crippen MR) is 121 cm³/mol.